The number of hydrogen-bond donors (Lipinski definition) is 0. The predicted molar refractivity (Wildman–Crippen MR) is 126 cm³/mol. The normalized spacial score (nSPS) is 14.9. The van der Waals surface area contributed by atoms with Crippen LogP contribution in [0.1, 0.15) is 18.4 Å². The zero-order valence-corrected chi connectivity index (χ0v) is 18.9. The van der Waals surface area contributed by atoms with Gasteiger partial charge in [-0.2, -0.15) is 5.26 Å². The van der Waals surface area contributed by atoms with E-state index in [0.29, 0.717) is 34.1 Å². The lowest BCUT2D eigenvalue weighted by molar-refractivity contribution is -0.123. The summed E-state index contributed by atoms with van der Waals surface area (Å²) in [5.74, 6) is 0.109. The monoisotopic (exact) mass is 465 g/mol. The van der Waals surface area contributed by atoms with Gasteiger partial charge in [0.2, 0.25) is 0 Å². The van der Waals surface area contributed by atoms with E-state index in [0.717, 1.165) is 29.7 Å². The second-order valence-electron chi connectivity index (χ2n) is 7.27. The van der Waals surface area contributed by atoms with Gasteiger partial charge in [0.1, 0.15) is 16.5 Å². The number of halogens is 1. The molecule has 8 heteroatoms. The van der Waals surface area contributed by atoms with E-state index >= 15 is 0 Å². The van der Waals surface area contributed by atoms with Crippen LogP contribution in [-0.2, 0) is 4.79 Å². The molecule has 1 aliphatic heterocycles. The van der Waals surface area contributed by atoms with Crippen LogP contribution < -0.4 is 19.5 Å². The van der Waals surface area contributed by atoms with Gasteiger partial charge in [0.15, 0.2) is 5.57 Å². The Morgan fingerprint density at radius 3 is 2.62 bits per heavy atom. The number of para-hydroxylation sites is 2. The number of hydrogen-bond acceptors (Lipinski definition) is 5. The molecule has 1 aliphatic rings. The number of aromatic nitrogens is 1. The van der Waals surface area contributed by atoms with Crippen molar-refractivity contribution in [3.05, 3.63) is 78.7 Å². The van der Waals surface area contributed by atoms with Crippen LogP contribution in [0, 0.1) is 11.3 Å². The molecule has 6 nitrogen and oxygen atoms in total. The van der Waals surface area contributed by atoms with Crippen LogP contribution in [0.3, 0.4) is 0 Å². The maximum absolute atomic E-state index is 13.5. The molecule has 0 unspecified atom stereocenters. The van der Waals surface area contributed by atoms with Crippen molar-refractivity contribution < 1.29 is 9.53 Å². The summed E-state index contributed by atoms with van der Waals surface area (Å²) < 4.78 is 7.52. The van der Waals surface area contributed by atoms with E-state index in [-0.39, 0.29) is 21.7 Å². The Kier molecular flexibility index (Phi) is 6.45. The number of methoxy groups -OCH3 is 1. The molecule has 3 aromatic rings. The first-order valence-corrected chi connectivity index (χ1v) is 11.3. The van der Waals surface area contributed by atoms with E-state index in [1.165, 1.54) is 11.7 Å². The lowest BCUT2D eigenvalue weighted by Gasteiger charge is -2.14. The van der Waals surface area contributed by atoms with Crippen LogP contribution in [0.4, 0.5) is 0 Å². The van der Waals surface area contributed by atoms with Crippen molar-refractivity contribution in [2.24, 2.45) is 0 Å². The Bertz CT molecular complexity index is 1390. The molecule has 32 heavy (non-hydrogen) atoms. The summed E-state index contributed by atoms with van der Waals surface area (Å²) >= 11 is 7.21. The minimum absolute atomic E-state index is 0.0503. The zero-order valence-electron chi connectivity index (χ0n) is 17.4. The van der Waals surface area contributed by atoms with Crippen molar-refractivity contribution in [1.29, 1.82) is 5.26 Å². The highest BCUT2D eigenvalue weighted by Gasteiger charge is 2.25. The fraction of sp³-hybridized carbons (Fsp3) is 0.208. The topological polar surface area (TPSA) is 75.3 Å². The Morgan fingerprint density at radius 1 is 1.19 bits per heavy atom. The van der Waals surface area contributed by atoms with E-state index in [1.807, 2.05) is 6.07 Å². The number of likely N-dealkylation sites (tertiary alicyclic amines) is 1. The van der Waals surface area contributed by atoms with Gasteiger partial charge in [0, 0.05) is 18.1 Å². The molecule has 0 bridgehead atoms. The summed E-state index contributed by atoms with van der Waals surface area (Å²) in [7, 11) is 1.51. The van der Waals surface area contributed by atoms with Gasteiger partial charge in [-0.1, -0.05) is 35.9 Å². The second-order valence-corrected chi connectivity index (χ2v) is 8.74. The maximum atomic E-state index is 13.5. The van der Waals surface area contributed by atoms with Crippen LogP contribution in [0.15, 0.2) is 53.3 Å². The highest BCUT2D eigenvalue weighted by atomic mass is 35.5. The number of benzene rings is 2. The molecule has 0 radical (unpaired) electrons. The number of nitrogens with zero attached hydrogens (tertiary/aromatic N) is 3. The molecule has 1 fully saturated rings. The number of thiazole rings is 1. The third-order valence-corrected chi connectivity index (χ3v) is 6.56. The van der Waals surface area contributed by atoms with Gasteiger partial charge in [0.25, 0.3) is 11.5 Å². The molecule has 1 amide bonds. The average Bonchev–Trinajstić information content (AvgIpc) is 3.43. The highest BCUT2D eigenvalue weighted by molar-refractivity contribution is 7.07. The molecular weight excluding hydrogens is 446 g/mol. The molecule has 0 saturated carbocycles. The first kappa shape index (κ1) is 21.9. The first-order chi connectivity index (χ1) is 15.5. The molecule has 4 rings (SSSR count). The second kappa shape index (κ2) is 9.43. The quantitative estimate of drug-likeness (QED) is 0.593. The van der Waals surface area contributed by atoms with Crippen molar-refractivity contribution in [3.63, 3.8) is 0 Å². The highest BCUT2D eigenvalue weighted by Crippen LogP contribution is 2.20. The Hall–Kier alpha value is -3.34. The van der Waals surface area contributed by atoms with E-state index < -0.39 is 0 Å². The van der Waals surface area contributed by atoms with Gasteiger partial charge in [-0.15, -0.1) is 11.3 Å². The SMILES string of the molecule is COc1ccccc1-n1c(=O)/c(=C\c2cccc(Cl)c2)s/c1=C(/C#N)C(=O)N1CCCC1. The fourth-order valence-electron chi connectivity index (χ4n) is 3.70. The number of ether oxygens (including phenoxy) is 1. The molecule has 1 aromatic heterocycles. The summed E-state index contributed by atoms with van der Waals surface area (Å²) in [6.45, 7) is 1.21. The number of amides is 1. The summed E-state index contributed by atoms with van der Waals surface area (Å²) in [4.78, 5) is 28.3. The predicted octanol–water partition coefficient (Wildman–Crippen LogP) is 2.69. The lowest BCUT2D eigenvalue weighted by Crippen LogP contribution is -2.35. The van der Waals surface area contributed by atoms with Crippen LogP contribution in [-0.4, -0.2) is 35.6 Å². The minimum Gasteiger partial charge on any atom is -0.495 e. The van der Waals surface area contributed by atoms with Gasteiger partial charge < -0.3 is 9.64 Å². The van der Waals surface area contributed by atoms with E-state index in [2.05, 4.69) is 6.07 Å². The van der Waals surface area contributed by atoms with Crippen LogP contribution in [0.2, 0.25) is 5.02 Å². The van der Waals surface area contributed by atoms with Crippen molar-refractivity contribution in [3.8, 4) is 17.5 Å². The summed E-state index contributed by atoms with van der Waals surface area (Å²) in [6.07, 6.45) is 3.52. The van der Waals surface area contributed by atoms with Crippen molar-refractivity contribution >= 4 is 40.5 Å². The summed E-state index contributed by atoms with van der Waals surface area (Å²) in [6, 6.07) is 16.2. The number of carbonyl (C=O) groups is 1. The molecule has 162 valence electrons. The van der Waals surface area contributed by atoms with Gasteiger partial charge in [0.05, 0.1) is 17.3 Å². The molecule has 0 N–H and O–H groups in total. The summed E-state index contributed by atoms with van der Waals surface area (Å²) in [5, 5.41) is 10.5. The van der Waals surface area contributed by atoms with Gasteiger partial charge >= 0.3 is 0 Å². The fourth-order valence-corrected chi connectivity index (χ4v) is 4.98. The van der Waals surface area contributed by atoms with E-state index in [1.54, 1.807) is 53.4 Å². The lowest BCUT2D eigenvalue weighted by atomic mass is 10.2. The van der Waals surface area contributed by atoms with Crippen molar-refractivity contribution in [2.75, 3.05) is 20.2 Å². The molecule has 2 heterocycles. The Morgan fingerprint density at radius 2 is 1.94 bits per heavy atom. The third-order valence-electron chi connectivity index (χ3n) is 5.23. The number of nitriles is 1. The first-order valence-electron chi connectivity index (χ1n) is 10.1. The molecule has 1 saturated heterocycles. The molecule has 0 spiro atoms. The average molecular weight is 466 g/mol. The van der Waals surface area contributed by atoms with E-state index in [9.17, 15) is 14.9 Å². The van der Waals surface area contributed by atoms with Crippen LogP contribution >= 0.6 is 22.9 Å². The molecular formula is C24H20ClN3O3S. The molecule has 2 aromatic carbocycles. The Labute approximate surface area is 193 Å². The maximum Gasteiger partial charge on any atom is 0.273 e. The van der Waals surface area contributed by atoms with Crippen LogP contribution in [0.5, 0.6) is 5.75 Å². The van der Waals surface area contributed by atoms with Gasteiger partial charge in [-0.3, -0.25) is 14.2 Å². The van der Waals surface area contributed by atoms with Crippen LogP contribution in [0.25, 0.3) is 17.3 Å². The number of rotatable bonds is 4. The molecule has 0 atom stereocenters. The van der Waals surface area contributed by atoms with E-state index in [4.69, 9.17) is 16.3 Å². The zero-order chi connectivity index (χ0) is 22.7. The Balaban J connectivity index is 2.05. The van der Waals surface area contributed by atoms with Crippen molar-refractivity contribution in [1.82, 2.24) is 9.47 Å². The largest absolute Gasteiger partial charge is 0.495 e. The third kappa shape index (κ3) is 4.20. The van der Waals surface area contributed by atoms with Crippen molar-refractivity contribution in [2.45, 2.75) is 12.8 Å². The van der Waals surface area contributed by atoms with Gasteiger partial charge in [-0.05, 0) is 48.7 Å². The number of carbonyl (C=O) groups excluding carboxylic acids is 1. The molecule has 0 aliphatic carbocycles. The standard InChI is InChI=1S/C24H20ClN3O3S/c1-31-20-10-3-2-9-19(20)28-23(30)21(14-16-7-6-8-17(25)13-16)32-24(28)18(15-26)22(29)27-11-4-5-12-27/h2-3,6-10,13-14H,4-5,11-12H2,1H3/b21-14+,24-18-. The summed E-state index contributed by atoms with van der Waals surface area (Å²) in [5.41, 5.74) is 0.833. The minimum atomic E-state index is -0.357. The smallest absolute Gasteiger partial charge is 0.273 e. The van der Waals surface area contributed by atoms with Gasteiger partial charge in [-0.25, -0.2) is 0 Å².